The smallest absolute Gasteiger partial charge is 0.240 e. The van der Waals surface area contributed by atoms with Crippen LogP contribution in [0.4, 0.5) is 5.69 Å². The zero-order chi connectivity index (χ0) is 22.0. The maximum atomic E-state index is 10.8. The number of aliphatic imine (C=N–C) groups is 1. The van der Waals surface area contributed by atoms with Gasteiger partial charge in [0.2, 0.25) is 6.08 Å². The summed E-state index contributed by atoms with van der Waals surface area (Å²) in [7, 11) is -1.63. The van der Waals surface area contributed by atoms with Crippen molar-refractivity contribution in [3.63, 3.8) is 0 Å². The van der Waals surface area contributed by atoms with Crippen LogP contribution in [0.3, 0.4) is 0 Å². The number of benzene rings is 2. The first-order chi connectivity index (χ1) is 14.2. The van der Waals surface area contributed by atoms with Crippen LogP contribution in [0.25, 0.3) is 11.1 Å². The highest BCUT2D eigenvalue weighted by Crippen LogP contribution is 2.36. The van der Waals surface area contributed by atoms with Gasteiger partial charge < -0.3 is 9.16 Å². The summed E-state index contributed by atoms with van der Waals surface area (Å²) in [5, 5.41) is 0.268. The van der Waals surface area contributed by atoms with Gasteiger partial charge in [0.05, 0.1) is 12.3 Å². The minimum Gasteiger partial charge on any atom is -0.494 e. The van der Waals surface area contributed by atoms with Gasteiger partial charge in [0.1, 0.15) is 5.75 Å². The molecule has 4 nitrogen and oxygen atoms in total. The van der Waals surface area contributed by atoms with Crippen molar-refractivity contribution < 1.29 is 14.0 Å². The number of carbonyl (C=O) groups excluding carboxylic acids is 1. The summed E-state index contributed by atoms with van der Waals surface area (Å²) in [5.41, 5.74) is 2.49. The van der Waals surface area contributed by atoms with E-state index in [4.69, 9.17) is 9.16 Å². The van der Waals surface area contributed by atoms with E-state index in [1.54, 1.807) is 12.1 Å². The summed E-state index contributed by atoms with van der Waals surface area (Å²) in [6.07, 6.45) is 5.99. The average molecular weight is 426 g/mol. The molecule has 0 radical (unpaired) electrons. The van der Waals surface area contributed by atoms with Gasteiger partial charge in [-0.3, -0.25) is 0 Å². The summed E-state index contributed by atoms with van der Waals surface area (Å²) >= 11 is 0. The van der Waals surface area contributed by atoms with E-state index in [9.17, 15) is 4.79 Å². The Labute approximate surface area is 182 Å². The molecular weight excluding hydrogens is 390 g/mol. The van der Waals surface area contributed by atoms with Crippen molar-refractivity contribution >= 4 is 20.1 Å². The fourth-order valence-corrected chi connectivity index (χ4v) is 3.98. The van der Waals surface area contributed by atoms with Crippen molar-refractivity contribution in [2.45, 2.75) is 64.6 Å². The lowest BCUT2D eigenvalue weighted by molar-refractivity contribution is 0.270. The first-order valence-corrected chi connectivity index (χ1v) is 13.7. The van der Waals surface area contributed by atoms with E-state index in [1.807, 2.05) is 42.5 Å². The monoisotopic (exact) mass is 425 g/mol. The third-order valence-electron chi connectivity index (χ3n) is 5.80. The van der Waals surface area contributed by atoms with Gasteiger partial charge in [-0.05, 0) is 55.1 Å². The molecular formula is C25H35NO3Si. The van der Waals surface area contributed by atoms with E-state index in [0.29, 0.717) is 12.3 Å². The molecule has 0 amide bonds. The molecule has 0 spiro atoms. The Balaban J connectivity index is 1.75. The fourth-order valence-electron chi connectivity index (χ4n) is 2.90. The van der Waals surface area contributed by atoms with Crippen LogP contribution < -0.4 is 4.74 Å². The Hall–Kier alpha value is -2.20. The van der Waals surface area contributed by atoms with Gasteiger partial charge in [-0.15, -0.1) is 0 Å². The van der Waals surface area contributed by atoms with E-state index in [-0.39, 0.29) is 5.04 Å². The molecule has 0 N–H and O–H groups in total. The number of nitrogens with zero attached hydrogens (tertiary/aromatic N) is 1. The van der Waals surface area contributed by atoms with Crippen LogP contribution in [0, 0.1) is 0 Å². The second-order valence-electron chi connectivity index (χ2n) is 9.12. The highest BCUT2D eigenvalue weighted by Gasteiger charge is 2.36. The lowest BCUT2D eigenvalue weighted by atomic mass is 10.0. The molecule has 0 saturated carbocycles. The maximum Gasteiger partial charge on any atom is 0.240 e. The molecule has 0 fully saturated rings. The Kier molecular flexibility index (Phi) is 9.03. The van der Waals surface area contributed by atoms with Crippen molar-refractivity contribution in [2.24, 2.45) is 4.99 Å². The van der Waals surface area contributed by atoms with Crippen LogP contribution in [0.15, 0.2) is 53.5 Å². The largest absolute Gasteiger partial charge is 0.494 e. The standard InChI is InChI=1S/C25H35NO3Si/c1-25(2,3)30(4,5)29-18-12-7-6-11-17-28-22-15-16-23(24(19-22)26-20-27)21-13-9-8-10-14-21/h8-10,13-16,19H,6-7,11-12,17-18H2,1-5H3. The third kappa shape index (κ3) is 7.24. The normalized spacial score (nSPS) is 11.8. The number of rotatable bonds is 11. The molecule has 0 aliphatic heterocycles. The molecule has 0 atom stereocenters. The molecule has 2 aromatic rings. The zero-order valence-corrected chi connectivity index (χ0v) is 20.0. The zero-order valence-electron chi connectivity index (χ0n) is 19.0. The van der Waals surface area contributed by atoms with E-state index in [0.717, 1.165) is 49.2 Å². The van der Waals surface area contributed by atoms with E-state index in [1.165, 1.54) is 0 Å². The molecule has 0 saturated heterocycles. The fraction of sp³-hybridized carbons (Fsp3) is 0.480. The second-order valence-corrected chi connectivity index (χ2v) is 13.9. The van der Waals surface area contributed by atoms with E-state index in [2.05, 4.69) is 38.9 Å². The number of isocyanates is 1. The Bertz CT molecular complexity index is 837. The summed E-state index contributed by atoms with van der Waals surface area (Å²) in [6.45, 7) is 12.9. The predicted molar refractivity (Wildman–Crippen MR) is 127 cm³/mol. The molecule has 0 heterocycles. The Morgan fingerprint density at radius 2 is 1.60 bits per heavy atom. The van der Waals surface area contributed by atoms with Crippen LogP contribution in [0.2, 0.25) is 18.1 Å². The van der Waals surface area contributed by atoms with Crippen LogP contribution in [0.1, 0.15) is 46.5 Å². The van der Waals surface area contributed by atoms with Gasteiger partial charge in [0.25, 0.3) is 0 Å². The molecule has 0 aromatic heterocycles. The number of unbranched alkanes of at least 4 members (excludes halogenated alkanes) is 3. The quantitative estimate of drug-likeness (QED) is 0.164. The van der Waals surface area contributed by atoms with Gasteiger partial charge >= 0.3 is 0 Å². The molecule has 162 valence electrons. The summed E-state index contributed by atoms with van der Waals surface area (Å²) in [6, 6.07) is 15.6. The Morgan fingerprint density at radius 3 is 2.23 bits per heavy atom. The number of ether oxygens (including phenoxy) is 1. The topological polar surface area (TPSA) is 47.9 Å². The van der Waals surface area contributed by atoms with Crippen molar-refractivity contribution in [2.75, 3.05) is 13.2 Å². The van der Waals surface area contributed by atoms with Gasteiger partial charge in [-0.2, -0.15) is 4.99 Å². The van der Waals surface area contributed by atoms with Gasteiger partial charge in [-0.1, -0.05) is 57.5 Å². The molecule has 2 rings (SSSR count). The summed E-state index contributed by atoms with van der Waals surface area (Å²) < 4.78 is 12.1. The molecule has 5 heteroatoms. The lowest BCUT2D eigenvalue weighted by Crippen LogP contribution is -2.40. The number of hydrogen-bond acceptors (Lipinski definition) is 4. The van der Waals surface area contributed by atoms with E-state index >= 15 is 0 Å². The molecule has 30 heavy (non-hydrogen) atoms. The SMILES string of the molecule is CC(C)(C)[Si](C)(C)OCCCCCCOc1ccc(-c2ccccc2)c(N=C=O)c1. The maximum absolute atomic E-state index is 10.8. The minimum atomic E-state index is -1.63. The molecule has 0 aliphatic carbocycles. The van der Waals surface area contributed by atoms with Crippen LogP contribution in [0.5, 0.6) is 5.75 Å². The van der Waals surface area contributed by atoms with Crippen LogP contribution >= 0.6 is 0 Å². The third-order valence-corrected chi connectivity index (χ3v) is 10.3. The molecule has 0 unspecified atom stereocenters. The molecule has 0 bridgehead atoms. The Morgan fingerprint density at radius 1 is 0.933 bits per heavy atom. The van der Waals surface area contributed by atoms with Crippen molar-refractivity contribution in [3.05, 3.63) is 48.5 Å². The highest BCUT2D eigenvalue weighted by molar-refractivity contribution is 6.74. The second kappa shape index (κ2) is 11.3. The van der Waals surface area contributed by atoms with Crippen molar-refractivity contribution in [1.29, 1.82) is 0 Å². The van der Waals surface area contributed by atoms with E-state index < -0.39 is 8.32 Å². The lowest BCUT2D eigenvalue weighted by Gasteiger charge is -2.36. The molecule has 2 aromatic carbocycles. The van der Waals surface area contributed by atoms with Crippen LogP contribution in [-0.4, -0.2) is 27.6 Å². The van der Waals surface area contributed by atoms with Gasteiger partial charge in [0, 0.05) is 18.2 Å². The van der Waals surface area contributed by atoms with Crippen molar-refractivity contribution in [3.8, 4) is 16.9 Å². The van der Waals surface area contributed by atoms with Gasteiger partial charge in [-0.25, -0.2) is 4.79 Å². The van der Waals surface area contributed by atoms with Crippen molar-refractivity contribution in [1.82, 2.24) is 0 Å². The minimum absolute atomic E-state index is 0.268. The first kappa shape index (κ1) is 24.1. The molecule has 0 aliphatic rings. The van der Waals surface area contributed by atoms with Crippen LogP contribution in [-0.2, 0) is 9.22 Å². The highest BCUT2D eigenvalue weighted by atomic mass is 28.4. The predicted octanol–water partition coefficient (Wildman–Crippen LogP) is 7.28. The summed E-state index contributed by atoms with van der Waals surface area (Å²) in [5.74, 6) is 0.727. The summed E-state index contributed by atoms with van der Waals surface area (Å²) in [4.78, 5) is 14.7. The average Bonchev–Trinajstić information content (AvgIpc) is 2.70. The van der Waals surface area contributed by atoms with Gasteiger partial charge in [0.15, 0.2) is 8.32 Å². The first-order valence-electron chi connectivity index (χ1n) is 10.8. The number of hydrogen-bond donors (Lipinski definition) is 0.